The van der Waals surface area contributed by atoms with Crippen LogP contribution in [0.4, 0.5) is 11.5 Å². The molecule has 0 unspecified atom stereocenters. The van der Waals surface area contributed by atoms with Gasteiger partial charge in [0.2, 0.25) is 0 Å². The Morgan fingerprint density at radius 3 is 2.43 bits per heavy atom. The first-order valence-corrected chi connectivity index (χ1v) is 6.32. The minimum Gasteiger partial charge on any atom is -0.382 e. The molecule has 0 aliphatic carbocycles. The van der Waals surface area contributed by atoms with E-state index in [0.717, 1.165) is 11.1 Å². The van der Waals surface area contributed by atoms with E-state index in [4.69, 9.17) is 11.5 Å². The second-order valence-electron chi connectivity index (χ2n) is 4.41. The molecule has 2 aromatic carbocycles. The lowest BCUT2D eigenvalue weighted by Gasteiger charge is -2.03. The van der Waals surface area contributed by atoms with Crippen LogP contribution in [0.15, 0.2) is 64.2 Å². The summed E-state index contributed by atoms with van der Waals surface area (Å²) in [5, 5.41) is 7.10. The summed E-state index contributed by atoms with van der Waals surface area (Å²) in [6.45, 7) is 0. The van der Waals surface area contributed by atoms with Crippen LogP contribution >= 0.6 is 0 Å². The third-order valence-corrected chi connectivity index (χ3v) is 2.96. The van der Waals surface area contributed by atoms with E-state index in [-0.39, 0.29) is 17.3 Å². The van der Waals surface area contributed by atoms with Crippen molar-refractivity contribution in [3.63, 3.8) is 0 Å². The zero-order valence-electron chi connectivity index (χ0n) is 11.1. The number of hydrogen-bond acceptors (Lipinski definition) is 5. The number of amidine groups is 1. The maximum atomic E-state index is 5.87. The Morgan fingerprint density at radius 1 is 0.952 bits per heavy atom. The molecule has 1 aromatic heterocycles. The Bertz CT molecular complexity index is 780. The molecule has 0 fully saturated rings. The van der Waals surface area contributed by atoms with Crippen molar-refractivity contribution < 1.29 is 4.63 Å². The Kier molecular flexibility index (Phi) is 3.34. The van der Waals surface area contributed by atoms with E-state index in [2.05, 4.69) is 19.9 Å². The molecule has 0 spiro atoms. The molecule has 0 aliphatic rings. The number of nitrogens with zero attached hydrogens (tertiary/aromatic N) is 3. The van der Waals surface area contributed by atoms with Crippen molar-refractivity contribution in [2.45, 2.75) is 0 Å². The second-order valence-corrected chi connectivity index (χ2v) is 4.41. The largest absolute Gasteiger partial charge is 0.382 e. The third-order valence-electron chi connectivity index (χ3n) is 2.96. The molecule has 21 heavy (non-hydrogen) atoms. The maximum Gasteiger partial charge on any atom is 0.199 e. The molecule has 4 N–H and O–H groups in total. The van der Waals surface area contributed by atoms with Crippen LogP contribution in [-0.2, 0) is 0 Å². The van der Waals surface area contributed by atoms with Gasteiger partial charge in [-0.3, -0.25) is 0 Å². The third kappa shape index (κ3) is 2.74. The van der Waals surface area contributed by atoms with Gasteiger partial charge in [-0.1, -0.05) is 42.5 Å². The van der Waals surface area contributed by atoms with Gasteiger partial charge >= 0.3 is 0 Å². The van der Waals surface area contributed by atoms with Crippen LogP contribution in [-0.4, -0.2) is 16.1 Å². The predicted octanol–water partition coefficient (Wildman–Crippen LogP) is 2.36. The summed E-state index contributed by atoms with van der Waals surface area (Å²) in [6.07, 6.45) is 0. The molecule has 0 atom stereocenters. The summed E-state index contributed by atoms with van der Waals surface area (Å²) in [7, 11) is 0. The van der Waals surface area contributed by atoms with Gasteiger partial charge in [0, 0.05) is 0 Å². The minimum absolute atomic E-state index is 0.121. The van der Waals surface area contributed by atoms with Gasteiger partial charge in [-0.2, -0.15) is 0 Å². The average Bonchev–Trinajstić information content (AvgIpc) is 2.95. The number of aliphatic imine (C=N–C) groups is 1. The Morgan fingerprint density at radius 2 is 1.71 bits per heavy atom. The highest BCUT2D eigenvalue weighted by Crippen LogP contribution is 2.24. The normalized spacial score (nSPS) is 11.5. The first-order valence-electron chi connectivity index (χ1n) is 6.32. The molecular weight excluding hydrogens is 266 g/mol. The van der Waals surface area contributed by atoms with Crippen molar-refractivity contribution in [1.29, 1.82) is 0 Å². The zero-order valence-corrected chi connectivity index (χ0v) is 11.1. The van der Waals surface area contributed by atoms with E-state index in [1.165, 1.54) is 0 Å². The van der Waals surface area contributed by atoms with Gasteiger partial charge in [-0.15, -0.1) is 0 Å². The van der Waals surface area contributed by atoms with Gasteiger partial charge in [0.05, 0.1) is 5.69 Å². The highest BCUT2D eigenvalue weighted by Gasteiger charge is 2.10. The lowest BCUT2D eigenvalue weighted by atomic mass is 10.1. The van der Waals surface area contributed by atoms with E-state index >= 15 is 0 Å². The van der Waals surface area contributed by atoms with E-state index in [1.54, 1.807) is 0 Å². The van der Waals surface area contributed by atoms with E-state index in [0.29, 0.717) is 5.69 Å². The predicted molar refractivity (Wildman–Crippen MR) is 81.0 cm³/mol. The second kappa shape index (κ2) is 5.46. The maximum absolute atomic E-state index is 5.87. The van der Waals surface area contributed by atoms with E-state index < -0.39 is 0 Å². The van der Waals surface area contributed by atoms with Gasteiger partial charge in [-0.05, 0) is 33.6 Å². The Labute approximate surface area is 121 Å². The first-order chi connectivity index (χ1) is 10.2. The molecule has 3 rings (SSSR count). The number of nitrogens with two attached hydrogens (primary N) is 2. The molecular formula is C15H13N5O. The van der Waals surface area contributed by atoms with Gasteiger partial charge < -0.3 is 11.5 Å². The molecule has 0 amide bonds. The molecule has 0 radical (unpaired) electrons. The van der Waals surface area contributed by atoms with Crippen LogP contribution in [0.1, 0.15) is 5.69 Å². The molecule has 0 saturated heterocycles. The molecule has 0 aliphatic heterocycles. The SMILES string of the molecule is NC(=Nc1cccc(-c2ccccc2)c1)c1nonc1N. The van der Waals surface area contributed by atoms with Crippen LogP contribution in [0.3, 0.4) is 0 Å². The van der Waals surface area contributed by atoms with Crippen molar-refractivity contribution >= 4 is 17.3 Å². The topological polar surface area (TPSA) is 103 Å². The fourth-order valence-electron chi connectivity index (χ4n) is 1.95. The monoisotopic (exact) mass is 279 g/mol. The number of anilines is 1. The van der Waals surface area contributed by atoms with E-state index in [1.807, 2.05) is 54.6 Å². The lowest BCUT2D eigenvalue weighted by Crippen LogP contribution is -2.15. The lowest BCUT2D eigenvalue weighted by molar-refractivity contribution is 0.308. The van der Waals surface area contributed by atoms with Crippen LogP contribution in [0, 0.1) is 0 Å². The van der Waals surface area contributed by atoms with Gasteiger partial charge in [0.1, 0.15) is 0 Å². The molecule has 104 valence electrons. The van der Waals surface area contributed by atoms with Crippen molar-refractivity contribution in [2.75, 3.05) is 5.73 Å². The van der Waals surface area contributed by atoms with Crippen LogP contribution < -0.4 is 11.5 Å². The molecule has 0 saturated carbocycles. The summed E-state index contributed by atoms with van der Waals surface area (Å²) in [5.74, 6) is 0.287. The van der Waals surface area contributed by atoms with Gasteiger partial charge in [0.25, 0.3) is 0 Å². The number of aromatic nitrogens is 2. The van der Waals surface area contributed by atoms with Gasteiger partial charge in [0.15, 0.2) is 17.3 Å². The van der Waals surface area contributed by atoms with Crippen molar-refractivity contribution in [2.24, 2.45) is 10.7 Å². The molecule has 6 nitrogen and oxygen atoms in total. The summed E-state index contributed by atoms with van der Waals surface area (Å²) in [4.78, 5) is 4.30. The van der Waals surface area contributed by atoms with Crippen molar-refractivity contribution in [1.82, 2.24) is 10.3 Å². The van der Waals surface area contributed by atoms with Crippen LogP contribution in [0.5, 0.6) is 0 Å². The summed E-state index contributed by atoms with van der Waals surface area (Å²) < 4.78 is 4.51. The molecule has 1 heterocycles. The van der Waals surface area contributed by atoms with Crippen LogP contribution in [0.2, 0.25) is 0 Å². The minimum atomic E-state index is 0.121. The van der Waals surface area contributed by atoms with Crippen LogP contribution in [0.25, 0.3) is 11.1 Å². The van der Waals surface area contributed by atoms with Crippen molar-refractivity contribution in [3.8, 4) is 11.1 Å². The standard InChI is InChI=1S/C15H13N5O/c16-14(13-15(17)20-21-19-13)18-12-8-4-7-11(9-12)10-5-2-1-3-6-10/h1-9H,(H2,16,18)(H2,17,20). The number of rotatable bonds is 3. The zero-order chi connectivity index (χ0) is 14.7. The Balaban J connectivity index is 1.96. The first kappa shape index (κ1) is 12.9. The summed E-state index contributed by atoms with van der Waals surface area (Å²) in [5.41, 5.74) is 14.6. The molecule has 6 heteroatoms. The molecule has 3 aromatic rings. The summed E-state index contributed by atoms with van der Waals surface area (Å²) >= 11 is 0. The number of hydrogen-bond donors (Lipinski definition) is 2. The number of benzene rings is 2. The smallest absolute Gasteiger partial charge is 0.199 e. The quantitative estimate of drug-likeness (QED) is 0.565. The highest BCUT2D eigenvalue weighted by atomic mass is 16.6. The fourth-order valence-corrected chi connectivity index (χ4v) is 1.95. The molecule has 0 bridgehead atoms. The fraction of sp³-hybridized carbons (Fsp3) is 0. The van der Waals surface area contributed by atoms with Gasteiger partial charge in [-0.25, -0.2) is 9.62 Å². The Hall–Kier alpha value is -3.15. The summed E-state index contributed by atoms with van der Waals surface area (Å²) in [6, 6.07) is 17.7. The van der Waals surface area contributed by atoms with Crippen molar-refractivity contribution in [3.05, 3.63) is 60.3 Å². The number of nitrogen functional groups attached to an aromatic ring is 1. The highest BCUT2D eigenvalue weighted by molar-refractivity contribution is 6.00. The average molecular weight is 279 g/mol. The van der Waals surface area contributed by atoms with E-state index in [9.17, 15) is 0 Å².